The fourth-order valence-corrected chi connectivity index (χ4v) is 3.13. The maximum absolute atomic E-state index is 12.2. The van der Waals surface area contributed by atoms with Crippen molar-refractivity contribution in [2.24, 2.45) is 0 Å². The van der Waals surface area contributed by atoms with Gasteiger partial charge in [-0.25, -0.2) is 0 Å². The van der Waals surface area contributed by atoms with Gasteiger partial charge in [-0.3, -0.25) is 4.79 Å². The van der Waals surface area contributed by atoms with Crippen LogP contribution in [0.3, 0.4) is 0 Å². The zero-order chi connectivity index (χ0) is 13.2. The van der Waals surface area contributed by atoms with E-state index in [9.17, 15) is 4.79 Å². The lowest BCUT2D eigenvalue weighted by Gasteiger charge is -1.97. The summed E-state index contributed by atoms with van der Waals surface area (Å²) in [4.78, 5) is 12.2. The standard InChI is InChI=1S/C15H11BrNOS.BrH/c16-12-7-5-11(6-8-12)14(18)9-17-10-19-15-4-2-1-3-13(15)17;/h1-8,10H,9H2;1H/q+1;/p-1. The Morgan fingerprint density at radius 2 is 1.80 bits per heavy atom. The number of fused-ring (bicyclic) bond motifs is 1. The van der Waals surface area contributed by atoms with Gasteiger partial charge in [0, 0.05) is 16.1 Å². The van der Waals surface area contributed by atoms with Crippen LogP contribution in [-0.2, 0) is 6.54 Å². The summed E-state index contributed by atoms with van der Waals surface area (Å²) < 4.78 is 4.19. The number of halogens is 2. The molecule has 0 aliphatic heterocycles. The molecule has 2 aromatic carbocycles. The van der Waals surface area contributed by atoms with Gasteiger partial charge in [0.1, 0.15) is 4.70 Å². The summed E-state index contributed by atoms with van der Waals surface area (Å²) in [5.41, 5.74) is 3.85. The molecule has 0 bridgehead atoms. The Morgan fingerprint density at radius 1 is 1.10 bits per heavy atom. The molecule has 0 amide bonds. The molecule has 3 rings (SSSR count). The second-order valence-corrected chi connectivity index (χ2v) is 6.05. The quantitative estimate of drug-likeness (QED) is 0.461. The van der Waals surface area contributed by atoms with Crippen LogP contribution in [0.5, 0.6) is 0 Å². The van der Waals surface area contributed by atoms with E-state index in [1.165, 1.54) is 4.70 Å². The number of hydrogen-bond acceptors (Lipinski definition) is 2. The number of para-hydroxylation sites is 1. The van der Waals surface area contributed by atoms with Crippen molar-refractivity contribution in [2.45, 2.75) is 6.54 Å². The fourth-order valence-electron chi connectivity index (χ4n) is 1.98. The minimum atomic E-state index is 0. The minimum Gasteiger partial charge on any atom is -1.00 e. The van der Waals surface area contributed by atoms with E-state index < -0.39 is 0 Å². The highest BCUT2D eigenvalue weighted by Gasteiger charge is 2.16. The van der Waals surface area contributed by atoms with Gasteiger partial charge in [-0.2, -0.15) is 4.57 Å². The second-order valence-electron chi connectivity index (χ2n) is 4.25. The lowest BCUT2D eigenvalue weighted by atomic mass is 10.1. The number of benzene rings is 2. The first kappa shape index (κ1) is 15.4. The molecule has 0 radical (unpaired) electrons. The largest absolute Gasteiger partial charge is 1.00 e. The van der Waals surface area contributed by atoms with Crippen LogP contribution in [-0.4, -0.2) is 5.78 Å². The average Bonchev–Trinajstić information content (AvgIpc) is 2.83. The summed E-state index contributed by atoms with van der Waals surface area (Å²) in [6, 6.07) is 15.6. The van der Waals surface area contributed by atoms with Gasteiger partial charge in [-0.05, 0) is 18.2 Å². The fraction of sp³-hybridized carbons (Fsp3) is 0.0667. The third-order valence-electron chi connectivity index (χ3n) is 2.96. The molecular weight excluding hydrogens is 402 g/mol. The summed E-state index contributed by atoms with van der Waals surface area (Å²) in [5, 5.41) is 0. The van der Waals surface area contributed by atoms with Crippen molar-refractivity contribution in [2.75, 3.05) is 0 Å². The Kier molecular flexibility index (Phi) is 5.07. The number of rotatable bonds is 3. The van der Waals surface area contributed by atoms with Crippen LogP contribution >= 0.6 is 27.3 Å². The molecule has 2 nitrogen and oxygen atoms in total. The third kappa shape index (κ3) is 3.16. The van der Waals surface area contributed by atoms with Crippen molar-refractivity contribution in [1.82, 2.24) is 0 Å². The van der Waals surface area contributed by atoms with Crippen LogP contribution < -0.4 is 21.5 Å². The lowest BCUT2D eigenvalue weighted by Crippen LogP contribution is -3.00. The molecule has 20 heavy (non-hydrogen) atoms. The second kappa shape index (κ2) is 6.61. The predicted octanol–water partition coefficient (Wildman–Crippen LogP) is 0.838. The first-order chi connectivity index (χ1) is 9.24. The first-order valence-corrected chi connectivity index (χ1v) is 7.56. The number of carbonyl (C=O) groups excluding carboxylic acids is 1. The average molecular weight is 413 g/mol. The molecule has 3 aromatic rings. The molecule has 0 atom stereocenters. The Bertz CT molecular complexity index is 737. The van der Waals surface area contributed by atoms with Gasteiger partial charge in [0.15, 0.2) is 0 Å². The summed E-state index contributed by atoms with van der Waals surface area (Å²) in [6.45, 7) is 0.381. The molecule has 0 spiro atoms. The van der Waals surface area contributed by atoms with E-state index in [1.54, 1.807) is 11.3 Å². The van der Waals surface area contributed by atoms with Crippen LogP contribution in [0.4, 0.5) is 0 Å². The highest BCUT2D eigenvalue weighted by molar-refractivity contribution is 9.10. The molecular formula is C15H11Br2NOS. The highest BCUT2D eigenvalue weighted by atomic mass is 79.9. The molecule has 0 fully saturated rings. The van der Waals surface area contributed by atoms with Gasteiger partial charge in [0.2, 0.25) is 23.4 Å². The number of ketones is 1. The molecule has 0 aliphatic rings. The van der Waals surface area contributed by atoms with Crippen molar-refractivity contribution in [3.05, 3.63) is 64.1 Å². The van der Waals surface area contributed by atoms with Crippen LogP contribution in [0.25, 0.3) is 10.2 Å². The zero-order valence-electron chi connectivity index (χ0n) is 10.4. The van der Waals surface area contributed by atoms with E-state index in [2.05, 4.69) is 22.0 Å². The monoisotopic (exact) mass is 411 g/mol. The Labute approximate surface area is 140 Å². The lowest BCUT2D eigenvalue weighted by molar-refractivity contribution is -0.652. The van der Waals surface area contributed by atoms with Gasteiger partial charge in [-0.1, -0.05) is 51.5 Å². The van der Waals surface area contributed by atoms with E-state index in [0.29, 0.717) is 6.54 Å². The molecule has 1 heterocycles. The summed E-state index contributed by atoms with van der Waals surface area (Å²) in [6.07, 6.45) is 0. The van der Waals surface area contributed by atoms with Crippen molar-refractivity contribution in [3.8, 4) is 0 Å². The van der Waals surface area contributed by atoms with E-state index in [-0.39, 0.29) is 22.8 Å². The van der Waals surface area contributed by atoms with Gasteiger partial charge >= 0.3 is 0 Å². The van der Waals surface area contributed by atoms with Gasteiger partial charge in [0.05, 0.1) is 0 Å². The van der Waals surface area contributed by atoms with Crippen molar-refractivity contribution in [3.63, 3.8) is 0 Å². The highest BCUT2D eigenvalue weighted by Crippen LogP contribution is 2.16. The molecule has 0 aliphatic carbocycles. The number of carbonyl (C=O) groups is 1. The number of thiazole rings is 1. The smallest absolute Gasteiger partial charge is 0.227 e. The summed E-state index contributed by atoms with van der Waals surface area (Å²) >= 11 is 5.03. The summed E-state index contributed by atoms with van der Waals surface area (Å²) in [7, 11) is 0. The molecule has 102 valence electrons. The number of hydrogen-bond donors (Lipinski definition) is 0. The topological polar surface area (TPSA) is 20.9 Å². The van der Waals surface area contributed by atoms with Crippen LogP contribution in [0, 0.1) is 0 Å². The van der Waals surface area contributed by atoms with Gasteiger partial charge in [0.25, 0.3) is 0 Å². The van der Waals surface area contributed by atoms with Gasteiger partial charge in [-0.15, -0.1) is 0 Å². The van der Waals surface area contributed by atoms with Crippen molar-refractivity contribution in [1.29, 1.82) is 0 Å². The normalized spacial score (nSPS) is 10.2. The van der Waals surface area contributed by atoms with Crippen LogP contribution in [0.15, 0.2) is 58.5 Å². The van der Waals surface area contributed by atoms with E-state index in [0.717, 1.165) is 15.6 Å². The van der Waals surface area contributed by atoms with Gasteiger partial charge < -0.3 is 17.0 Å². The van der Waals surface area contributed by atoms with Crippen molar-refractivity contribution >= 4 is 43.3 Å². The first-order valence-electron chi connectivity index (χ1n) is 5.88. The maximum atomic E-state index is 12.2. The third-order valence-corrected chi connectivity index (χ3v) is 4.45. The van der Waals surface area contributed by atoms with Crippen molar-refractivity contribution < 1.29 is 26.3 Å². The minimum absolute atomic E-state index is 0. The Balaban J connectivity index is 0.00000147. The molecule has 5 heteroatoms. The van der Waals surface area contributed by atoms with Crippen LogP contribution in [0.2, 0.25) is 0 Å². The number of nitrogens with zero attached hydrogens (tertiary/aromatic N) is 1. The van der Waals surface area contributed by atoms with E-state index in [4.69, 9.17) is 0 Å². The predicted molar refractivity (Wildman–Crippen MR) is 80.5 cm³/mol. The number of aromatic nitrogens is 1. The molecule has 0 saturated heterocycles. The van der Waals surface area contributed by atoms with E-state index in [1.807, 2.05) is 52.5 Å². The van der Waals surface area contributed by atoms with E-state index >= 15 is 0 Å². The maximum Gasteiger partial charge on any atom is 0.227 e. The Morgan fingerprint density at radius 3 is 2.55 bits per heavy atom. The van der Waals surface area contributed by atoms with Crippen LogP contribution in [0.1, 0.15) is 10.4 Å². The molecule has 0 N–H and O–H groups in total. The SMILES string of the molecule is O=C(C[n+]1csc2ccccc21)c1ccc(Br)cc1.[Br-]. The zero-order valence-corrected chi connectivity index (χ0v) is 14.4. The molecule has 0 unspecified atom stereocenters. The number of Topliss-reactive ketones (excluding diaryl/α,β-unsaturated/α-hetero) is 1. The molecule has 0 saturated carbocycles. The summed E-state index contributed by atoms with van der Waals surface area (Å²) in [5.74, 6) is 0.126. The Hall–Kier alpha value is -1.04. The molecule has 1 aromatic heterocycles.